The van der Waals surface area contributed by atoms with E-state index >= 15 is 0 Å². The summed E-state index contributed by atoms with van der Waals surface area (Å²) >= 11 is 0. The number of anilines is 1. The number of para-hydroxylation sites is 1. The number of rotatable bonds is 6. The van der Waals surface area contributed by atoms with Crippen LogP contribution >= 0.6 is 0 Å². The van der Waals surface area contributed by atoms with Crippen LogP contribution in [0.2, 0.25) is 0 Å². The van der Waals surface area contributed by atoms with Crippen molar-refractivity contribution in [1.82, 2.24) is 9.78 Å². The van der Waals surface area contributed by atoms with Gasteiger partial charge in [-0.2, -0.15) is 23.4 Å². The fourth-order valence-electron chi connectivity index (χ4n) is 4.98. The zero-order chi connectivity index (χ0) is 29.4. The minimum absolute atomic E-state index is 0.0193. The molecule has 212 valence electrons. The first-order valence-electron chi connectivity index (χ1n) is 13.1. The standard InChI is InChI=1S/C32H23F5N4O/c1-20-30(29-19-28(21-10-12-23(33)13-11-21)39-40(29)26-16-14-24(34)15-17-26)31(41(38-20)25-7-3-2-4-8-25)42-27-9-5-6-22(18-27)32(35,36)37/h2-18,29H,19H2,1H3. The first-order valence-corrected chi connectivity index (χ1v) is 13.1. The molecule has 6 rings (SSSR count). The van der Waals surface area contributed by atoms with Crippen LogP contribution in [-0.2, 0) is 6.18 Å². The lowest BCUT2D eigenvalue weighted by molar-refractivity contribution is -0.137. The number of alkyl halides is 3. The monoisotopic (exact) mass is 574 g/mol. The van der Waals surface area contributed by atoms with Gasteiger partial charge in [0, 0.05) is 6.42 Å². The number of hydrogen-bond acceptors (Lipinski definition) is 4. The van der Waals surface area contributed by atoms with Crippen molar-refractivity contribution in [1.29, 1.82) is 0 Å². The van der Waals surface area contributed by atoms with Gasteiger partial charge in [0.1, 0.15) is 17.4 Å². The summed E-state index contributed by atoms with van der Waals surface area (Å²) in [7, 11) is 0. The quantitative estimate of drug-likeness (QED) is 0.191. The molecule has 1 aliphatic heterocycles. The van der Waals surface area contributed by atoms with E-state index in [1.54, 1.807) is 40.9 Å². The fraction of sp³-hybridized carbons (Fsp3) is 0.125. The maximum absolute atomic E-state index is 13.8. The second kappa shape index (κ2) is 10.8. The summed E-state index contributed by atoms with van der Waals surface area (Å²) in [5.74, 6) is -0.611. The number of aryl methyl sites for hydroxylation is 1. The molecule has 0 bridgehead atoms. The van der Waals surface area contributed by atoms with E-state index in [9.17, 15) is 22.0 Å². The number of hydrogen-bond donors (Lipinski definition) is 0. The van der Waals surface area contributed by atoms with Crippen molar-refractivity contribution >= 4 is 11.4 Å². The summed E-state index contributed by atoms with van der Waals surface area (Å²) in [4.78, 5) is 0. The highest BCUT2D eigenvalue weighted by Gasteiger charge is 2.37. The smallest absolute Gasteiger partial charge is 0.416 e. The Kier molecular flexibility index (Phi) is 6.97. The second-order valence-electron chi connectivity index (χ2n) is 9.77. The van der Waals surface area contributed by atoms with Gasteiger partial charge in [0.25, 0.3) is 0 Å². The van der Waals surface area contributed by atoms with Crippen molar-refractivity contribution in [3.63, 3.8) is 0 Å². The summed E-state index contributed by atoms with van der Waals surface area (Å²) in [5.41, 5.74) is 2.85. The summed E-state index contributed by atoms with van der Waals surface area (Å²) in [6, 6.07) is 24.9. The Labute approximate surface area is 238 Å². The number of halogens is 5. The van der Waals surface area contributed by atoms with Crippen LogP contribution < -0.4 is 9.75 Å². The lowest BCUT2D eigenvalue weighted by Gasteiger charge is -2.24. The van der Waals surface area contributed by atoms with E-state index in [0.717, 1.165) is 12.1 Å². The minimum atomic E-state index is -4.56. The molecule has 0 N–H and O–H groups in total. The van der Waals surface area contributed by atoms with E-state index in [1.165, 1.54) is 36.4 Å². The van der Waals surface area contributed by atoms with Gasteiger partial charge in [0.15, 0.2) is 0 Å². The maximum atomic E-state index is 13.8. The Morgan fingerprint density at radius 2 is 1.45 bits per heavy atom. The maximum Gasteiger partial charge on any atom is 0.416 e. The van der Waals surface area contributed by atoms with Crippen LogP contribution in [0.1, 0.15) is 34.8 Å². The third kappa shape index (κ3) is 5.35. The van der Waals surface area contributed by atoms with E-state index in [1.807, 2.05) is 30.3 Å². The average molecular weight is 575 g/mol. The topological polar surface area (TPSA) is 42.6 Å². The van der Waals surface area contributed by atoms with Crippen LogP contribution in [0, 0.1) is 18.6 Å². The SMILES string of the molecule is Cc1nn(-c2ccccc2)c(Oc2cccc(C(F)(F)F)c2)c1C1CC(c2ccc(F)cc2)=NN1c1ccc(F)cc1. The largest absolute Gasteiger partial charge is 0.439 e. The van der Waals surface area contributed by atoms with Gasteiger partial charge in [0.2, 0.25) is 5.88 Å². The first-order chi connectivity index (χ1) is 20.2. The molecule has 2 heterocycles. The number of benzene rings is 4. The second-order valence-corrected chi connectivity index (χ2v) is 9.77. The molecule has 1 atom stereocenters. The van der Waals surface area contributed by atoms with Crippen LogP contribution in [-0.4, -0.2) is 15.5 Å². The Morgan fingerprint density at radius 1 is 0.786 bits per heavy atom. The number of aromatic nitrogens is 2. The highest BCUT2D eigenvalue weighted by Crippen LogP contribution is 2.44. The number of nitrogens with zero attached hydrogens (tertiary/aromatic N) is 4. The van der Waals surface area contributed by atoms with Crippen LogP contribution in [0.15, 0.2) is 108 Å². The van der Waals surface area contributed by atoms with Gasteiger partial charge in [-0.3, -0.25) is 5.01 Å². The van der Waals surface area contributed by atoms with Crippen molar-refractivity contribution in [3.8, 4) is 17.3 Å². The van der Waals surface area contributed by atoms with Gasteiger partial charge < -0.3 is 4.74 Å². The molecule has 4 aromatic carbocycles. The lowest BCUT2D eigenvalue weighted by atomic mass is 9.98. The van der Waals surface area contributed by atoms with Crippen LogP contribution in [0.4, 0.5) is 27.6 Å². The van der Waals surface area contributed by atoms with E-state index in [-0.39, 0.29) is 17.4 Å². The highest BCUT2D eigenvalue weighted by atomic mass is 19.4. The van der Waals surface area contributed by atoms with Crippen molar-refractivity contribution in [2.45, 2.75) is 25.6 Å². The molecular weight excluding hydrogens is 551 g/mol. The number of hydrazone groups is 1. The van der Waals surface area contributed by atoms with Crippen molar-refractivity contribution in [2.75, 3.05) is 5.01 Å². The molecule has 0 fully saturated rings. The first kappa shape index (κ1) is 27.2. The molecule has 1 aliphatic rings. The van der Waals surface area contributed by atoms with Crippen molar-refractivity contribution < 1.29 is 26.7 Å². The fourth-order valence-corrected chi connectivity index (χ4v) is 4.98. The molecule has 0 radical (unpaired) electrons. The predicted molar refractivity (Wildman–Crippen MR) is 149 cm³/mol. The minimum Gasteiger partial charge on any atom is -0.439 e. The summed E-state index contributed by atoms with van der Waals surface area (Å²) in [5, 5.41) is 11.3. The summed E-state index contributed by atoms with van der Waals surface area (Å²) < 4.78 is 75.9. The van der Waals surface area contributed by atoms with Gasteiger partial charge in [-0.25, -0.2) is 13.5 Å². The van der Waals surface area contributed by atoms with Crippen LogP contribution in [0.25, 0.3) is 5.69 Å². The van der Waals surface area contributed by atoms with Crippen LogP contribution in [0.3, 0.4) is 0 Å². The molecule has 42 heavy (non-hydrogen) atoms. The van der Waals surface area contributed by atoms with Gasteiger partial charge in [-0.15, -0.1) is 0 Å². The molecule has 0 saturated carbocycles. The van der Waals surface area contributed by atoms with Gasteiger partial charge >= 0.3 is 6.18 Å². The zero-order valence-electron chi connectivity index (χ0n) is 22.2. The third-order valence-electron chi connectivity index (χ3n) is 6.95. The molecule has 1 aromatic heterocycles. The molecule has 0 amide bonds. The predicted octanol–water partition coefficient (Wildman–Crippen LogP) is 8.63. The summed E-state index contributed by atoms with van der Waals surface area (Å²) in [6.07, 6.45) is -4.22. The van der Waals surface area contributed by atoms with E-state index in [0.29, 0.717) is 40.3 Å². The summed E-state index contributed by atoms with van der Waals surface area (Å²) in [6.45, 7) is 1.78. The van der Waals surface area contributed by atoms with Gasteiger partial charge in [0.05, 0.1) is 39.9 Å². The molecule has 10 heteroatoms. The Hall–Kier alpha value is -4.99. The molecule has 5 aromatic rings. The highest BCUT2D eigenvalue weighted by molar-refractivity contribution is 6.03. The van der Waals surface area contributed by atoms with Crippen molar-refractivity contribution in [3.05, 3.63) is 137 Å². The zero-order valence-corrected chi connectivity index (χ0v) is 22.2. The van der Waals surface area contributed by atoms with E-state index in [2.05, 4.69) is 0 Å². The third-order valence-corrected chi connectivity index (χ3v) is 6.95. The van der Waals surface area contributed by atoms with E-state index in [4.69, 9.17) is 14.9 Å². The molecular formula is C32H23F5N4O. The van der Waals surface area contributed by atoms with Crippen molar-refractivity contribution in [2.24, 2.45) is 5.10 Å². The van der Waals surface area contributed by atoms with Gasteiger partial charge in [-0.05, 0) is 79.2 Å². The average Bonchev–Trinajstić information content (AvgIpc) is 3.55. The molecule has 0 saturated heterocycles. The Morgan fingerprint density at radius 3 is 2.12 bits per heavy atom. The van der Waals surface area contributed by atoms with E-state index < -0.39 is 23.6 Å². The molecule has 0 spiro atoms. The molecule has 5 nitrogen and oxygen atoms in total. The number of ether oxygens (including phenoxy) is 1. The Bertz CT molecular complexity index is 1750. The van der Waals surface area contributed by atoms with Gasteiger partial charge in [-0.1, -0.05) is 36.4 Å². The molecule has 1 unspecified atom stereocenters. The Balaban J connectivity index is 1.50. The lowest BCUT2D eigenvalue weighted by Crippen LogP contribution is -2.19. The normalized spacial score (nSPS) is 15.1. The van der Waals surface area contributed by atoms with Crippen LogP contribution in [0.5, 0.6) is 11.6 Å². The molecule has 0 aliphatic carbocycles.